The number of nitrogens with zero attached hydrogens (tertiary/aromatic N) is 1. The van der Waals surface area contributed by atoms with Crippen molar-refractivity contribution in [3.8, 4) is 5.75 Å². The third-order valence-electron chi connectivity index (χ3n) is 7.09. The summed E-state index contributed by atoms with van der Waals surface area (Å²) in [6, 6.07) is 5.57. The molecule has 0 heterocycles. The number of nitrogens with one attached hydrogen (secondary N) is 3. The first-order chi connectivity index (χ1) is 19.5. The Labute approximate surface area is 245 Å². The van der Waals surface area contributed by atoms with Gasteiger partial charge >= 0.3 is 6.03 Å². The number of carbonyl (C=O) groups is 2. The highest BCUT2D eigenvalue weighted by molar-refractivity contribution is 7.81. The van der Waals surface area contributed by atoms with Crippen molar-refractivity contribution in [1.82, 2.24) is 5.32 Å². The molecule has 0 aromatic heterocycles. The lowest BCUT2D eigenvalue weighted by Crippen LogP contribution is -2.42. The number of rotatable bonds is 11. The Hall–Kier alpha value is -2.96. The van der Waals surface area contributed by atoms with Crippen molar-refractivity contribution >= 4 is 51.7 Å². The van der Waals surface area contributed by atoms with E-state index < -0.39 is 46.1 Å². The van der Waals surface area contributed by atoms with E-state index >= 15 is 4.39 Å². The Bertz CT molecular complexity index is 1300. The molecule has 3 N–H and O–H groups in total. The van der Waals surface area contributed by atoms with Crippen molar-refractivity contribution < 1.29 is 31.9 Å². The lowest BCUT2D eigenvalue weighted by molar-refractivity contribution is -0.123. The van der Waals surface area contributed by atoms with Crippen LogP contribution in [0.15, 0.2) is 30.3 Å². The molecule has 13 heteroatoms. The molecule has 41 heavy (non-hydrogen) atoms. The summed E-state index contributed by atoms with van der Waals surface area (Å²) in [6.07, 6.45) is 5.47. The first kappa shape index (κ1) is 31.0. The summed E-state index contributed by atoms with van der Waals surface area (Å²) >= 11 is 3.33. The van der Waals surface area contributed by atoms with Crippen LogP contribution in [0, 0.1) is 17.6 Å². The second kappa shape index (κ2) is 13.3. The van der Waals surface area contributed by atoms with Crippen LogP contribution in [0.5, 0.6) is 5.75 Å². The van der Waals surface area contributed by atoms with Crippen LogP contribution < -0.4 is 25.6 Å². The number of benzene rings is 2. The van der Waals surface area contributed by atoms with Crippen LogP contribution in [0.3, 0.4) is 0 Å². The molecule has 1 unspecified atom stereocenters. The van der Waals surface area contributed by atoms with Crippen molar-refractivity contribution in [2.24, 2.45) is 5.92 Å². The minimum Gasteiger partial charge on any atom is -0.771 e. The quantitative estimate of drug-likeness (QED) is 0.271. The number of carbonyl (C=O) groups excluding carboxylic acids is 2. The van der Waals surface area contributed by atoms with E-state index in [2.05, 4.69) is 16.0 Å². The van der Waals surface area contributed by atoms with Crippen LogP contribution in [0.1, 0.15) is 58.8 Å². The molecule has 0 spiro atoms. The Morgan fingerprint density at radius 3 is 2.39 bits per heavy atom. The van der Waals surface area contributed by atoms with Crippen molar-refractivity contribution in [1.29, 1.82) is 0 Å². The molecule has 0 radical (unpaired) electrons. The van der Waals surface area contributed by atoms with E-state index in [9.17, 15) is 22.7 Å². The number of hydrogen-bond donors (Lipinski definition) is 3. The summed E-state index contributed by atoms with van der Waals surface area (Å²) < 4.78 is 58.5. The molecule has 2 aliphatic carbocycles. The summed E-state index contributed by atoms with van der Waals surface area (Å²) in [5.74, 6) is -1.94. The fourth-order valence-corrected chi connectivity index (χ4v) is 5.80. The van der Waals surface area contributed by atoms with Crippen LogP contribution in [-0.2, 0) is 15.9 Å². The minimum atomic E-state index is -2.48. The number of hydrogen-bond acceptors (Lipinski definition) is 6. The molecule has 0 bridgehead atoms. The first-order valence-corrected chi connectivity index (χ1v) is 15.1. The topological polar surface area (TPSA) is 123 Å². The number of ether oxygens (including phenoxy) is 1. The molecule has 4 rings (SSSR count). The van der Waals surface area contributed by atoms with Crippen molar-refractivity contribution in [2.45, 2.75) is 69.7 Å². The Morgan fingerprint density at radius 2 is 1.78 bits per heavy atom. The number of urea groups is 1. The fourth-order valence-electron chi connectivity index (χ4n) is 5.01. The first-order valence-electron chi connectivity index (χ1n) is 13.6. The summed E-state index contributed by atoms with van der Waals surface area (Å²) in [5.41, 5.74) is 0.139. The molecule has 0 aliphatic heterocycles. The highest BCUT2D eigenvalue weighted by Gasteiger charge is 2.45. The lowest BCUT2D eigenvalue weighted by atomic mass is 9.93. The zero-order valence-corrected chi connectivity index (χ0v) is 24.5. The molecule has 0 saturated heterocycles. The van der Waals surface area contributed by atoms with E-state index in [4.69, 9.17) is 16.3 Å². The van der Waals surface area contributed by atoms with Gasteiger partial charge < -0.3 is 30.1 Å². The molecule has 2 fully saturated rings. The fraction of sp³-hybridized carbons (Fsp3) is 0.500. The van der Waals surface area contributed by atoms with E-state index in [0.717, 1.165) is 44.2 Å². The molecule has 3 amide bonds. The number of amides is 3. The van der Waals surface area contributed by atoms with Crippen LogP contribution in [-0.4, -0.2) is 44.8 Å². The van der Waals surface area contributed by atoms with E-state index in [1.807, 2.05) is 18.7 Å². The molecular weight excluding hydrogens is 578 g/mol. The largest absolute Gasteiger partial charge is 0.771 e. The molecule has 2 aromatic rings. The monoisotopic (exact) mass is 611 g/mol. The summed E-state index contributed by atoms with van der Waals surface area (Å²) in [5, 5.41) is 7.64. The van der Waals surface area contributed by atoms with E-state index in [1.54, 1.807) is 0 Å². The average Bonchev–Trinajstić information content (AvgIpc) is 3.69. The second-order valence-corrected chi connectivity index (χ2v) is 12.6. The average molecular weight is 612 g/mol. The van der Waals surface area contributed by atoms with Crippen LogP contribution in [0.25, 0.3) is 0 Å². The van der Waals surface area contributed by atoms with E-state index in [0.29, 0.717) is 19.4 Å². The Balaban J connectivity index is 1.61. The van der Waals surface area contributed by atoms with Gasteiger partial charge in [-0.25, -0.2) is 13.6 Å². The molecule has 2 saturated carbocycles. The zero-order valence-electron chi connectivity index (χ0n) is 22.9. The van der Waals surface area contributed by atoms with Gasteiger partial charge in [-0.05, 0) is 60.9 Å². The molecule has 9 nitrogen and oxygen atoms in total. The van der Waals surface area contributed by atoms with Crippen molar-refractivity contribution in [2.75, 3.05) is 28.7 Å². The smallest absolute Gasteiger partial charge is 0.323 e. The molecular formula is C28H34ClF2N4O5S-. The van der Waals surface area contributed by atoms with Gasteiger partial charge in [0.1, 0.15) is 16.4 Å². The normalized spacial score (nSPS) is 17.0. The van der Waals surface area contributed by atoms with Crippen LogP contribution in [0.2, 0.25) is 5.02 Å². The van der Waals surface area contributed by atoms with Gasteiger partial charge in [0.2, 0.25) is 0 Å². The van der Waals surface area contributed by atoms with Gasteiger partial charge in [-0.15, -0.1) is 0 Å². The minimum absolute atomic E-state index is 0.0457. The van der Waals surface area contributed by atoms with Gasteiger partial charge in [0, 0.05) is 29.7 Å². The van der Waals surface area contributed by atoms with Gasteiger partial charge in [-0.1, -0.05) is 44.7 Å². The van der Waals surface area contributed by atoms with Gasteiger partial charge in [0.25, 0.3) is 5.91 Å². The van der Waals surface area contributed by atoms with Gasteiger partial charge in [-0.2, -0.15) is 0 Å². The maximum atomic E-state index is 15.9. The Morgan fingerprint density at radius 1 is 1.10 bits per heavy atom. The van der Waals surface area contributed by atoms with Gasteiger partial charge in [0.15, 0.2) is 12.4 Å². The molecule has 1 atom stereocenters. The standard InChI is InChI=1S/C28H35ClF2N4O5S/c1-17(2)15-35(19-6-4-3-5-7-19)26-22(31)13-20(40-16-25(36)34-28(10-11-28)41(38)39)14-24(26)33-27(37)32-23-9-8-18(29)12-21(23)30/h8-9,12-14,17,19H,3-7,10-11,15-16H2,1-2H3,(H,34,36)(H,38,39)(H2,32,33,37)/p-1. The predicted octanol–water partition coefficient (Wildman–Crippen LogP) is 5.92. The van der Waals surface area contributed by atoms with E-state index in [1.165, 1.54) is 18.2 Å². The molecule has 2 aliphatic rings. The second-order valence-electron chi connectivity index (χ2n) is 10.9. The summed E-state index contributed by atoms with van der Waals surface area (Å²) in [7, 11) is 0. The molecule has 2 aromatic carbocycles. The highest BCUT2D eigenvalue weighted by atomic mass is 35.5. The Kier molecular flexibility index (Phi) is 10.1. The van der Waals surface area contributed by atoms with Gasteiger partial charge in [0.05, 0.1) is 17.1 Å². The maximum absolute atomic E-state index is 15.9. The highest BCUT2D eigenvalue weighted by Crippen LogP contribution is 2.39. The summed E-state index contributed by atoms with van der Waals surface area (Å²) in [4.78, 5) is 26.0. The van der Waals surface area contributed by atoms with Crippen LogP contribution in [0.4, 0.5) is 30.6 Å². The van der Waals surface area contributed by atoms with E-state index in [-0.39, 0.29) is 39.8 Å². The molecule has 224 valence electrons. The van der Waals surface area contributed by atoms with Crippen molar-refractivity contribution in [3.05, 3.63) is 47.0 Å². The third kappa shape index (κ3) is 8.08. The third-order valence-corrected chi connectivity index (χ3v) is 8.47. The van der Waals surface area contributed by atoms with Gasteiger partial charge in [-0.3, -0.25) is 9.00 Å². The number of anilines is 3. The number of halogens is 3. The summed E-state index contributed by atoms with van der Waals surface area (Å²) in [6.45, 7) is 4.02. The maximum Gasteiger partial charge on any atom is 0.323 e. The van der Waals surface area contributed by atoms with Crippen molar-refractivity contribution in [3.63, 3.8) is 0 Å². The zero-order chi connectivity index (χ0) is 29.7. The predicted molar refractivity (Wildman–Crippen MR) is 154 cm³/mol. The SMILES string of the molecule is CC(C)CN(c1c(F)cc(OCC(=O)NC2(S(=O)[O-])CC2)cc1NC(=O)Nc1ccc(Cl)cc1F)C1CCCCC1. The van der Waals surface area contributed by atoms with Crippen LogP contribution >= 0.6 is 11.6 Å². The lowest BCUT2D eigenvalue weighted by Gasteiger charge is -2.38.